The van der Waals surface area contributed by atoms with Crippen LogP contribution in [0, 0.1) is 5.82 Å². The average molecular weight is 289 g/mol. The van der Waals surface area contributed by atoms with Crippen molar-refractivity contribution >= 4 is 27.3 Å². The highest BCUT2D eigenvalue weighted by Gasteiger charge is 2.19. The van der Waals surface area contributed by atoms with Gasteiger partial charge in [-0.1, -0.05) is 18.2 Å². The Morgan fingerprint density at radius 3 is 2.53 bits per heavy atom. The second-order valence-corrected chi connectivity index (χ2v) is 4.82. The van der Waals surface area contributed by atoms with E-state index in [4.69, 9.17) is 0 Å². The molecular weight excluding hydrogens is 282 g/mol. The van der Waals surface area contributed by atoms with Crippen LogP contribution in [0.4, 0.5) is 8.78 Å². The molecule has 2 aromatic rings. The van der Waals surface area contributed by atoms with Crippen molar-refractivity contribution in [2.45, 2.75) is 6.17 Å². The first-order valence-electron chi connectivity index (χ1n) is 4.31. The van der Waals surface area contributed by atoms with E-state index in [0.717, 1.165) is 0 Å². The SMILES string of the molecule is Fc1ccccc1C(F)c1sccc1Br. The Labute approximate surface area is 98.7 Å². The molecule has 1 aromatic carbocycles. The number of hydrogen-bond donors (Lipinski definition) is 0. The third-order valence-electron chi connectivity index (χ3n) is 2.05. The third kappa shape index (κ3) is 2.11. The van der Waals surface area contributed by atoms with Gasteiger partial charge in [-0.25, -0.2) is 8.78 Å². The van der Waals surface area contributed by atoms with Gasteiger partial charge in [0.1, 0.15) is 5.82 Å². The van der Waals surface area contributed by atoms with E-state index >= 15 is 0 Å². The van der Waals surface area contributed by atoms with Crippen LogP contribution < -0.4 is 0 Å². The van der Waals surface area contributed by atoms with E-state index in [1.807, 2.05) is 0 Å². The topological polar surface area (TPSA) is 0 Å². The van der Waals surface area contributed by atoms with Crippen LogP contribution in [-0.4, -0.2) is 0 Å². The number of benzene rings is 1. The number of alkyl halides is 1. The van der Waals surface area contributed by atoms with Gasteiger partial charge < -0.3 is 0 Å². The van der Waals surface area contributed by atoms with Crippen LogP contribution in [0.15, 0.2) is 40.2 Å². The van der Waals surface area contributed by atoms with Crippen molar-refractivity contribution in [1.82, 2.24) is 0 Å². The fourth-order valence-corrected chi connectivity index (χ4v) is 2.87. The zero-order chi connectivity index (χ0) is 10.8. The van der Waals surface area contributed by atoms with Crippen LogP contribution in [0.25, 0.3) is 0 Å². The summed E-state index contributed by atoms with van der Waals surface area (Å²) in [6.07, 6.45) is -1.40. The maximum Gasteiger partial charge on any atom is 0.163 e. The van der Waals surface area contributed by atoms with E-state index in [-0.39, 0.29) is 5.56 Å². The molecule has 0 bridgehead atoms. The lowest BCUT2D eigenvalue weighted by Crippen LogP contribution is -1.95. The van der Waals surface area contributed by atoms with E-state index in [9.17, 15) is 8.78 Å². The number of hydrogen-bond acceptors (Lipinski definition) is 1. The second kappa shape index (κ2) is 4.41. The van der Waals surface area contributed by atoms with Crippen molar-refractivity contribution in [3.63, 3.8) is 0 Å². The molecule has 0 N–H and O–H groups in total. The molecule has 78 valence electrons. The first kappa shape index (κ1) is 10.8. The van der Waals surface area contributed by atoms with E-state index in [2.05, 4.69) is 15.9 Å². The standard InChI is InChI=1S/C11H7BrF2S/c12-8-5-6-15-11(8)10(14)7-3-1-2-4-9(7)13/h1-6,10H. The highest BCUT2D eigenvalue weighted by molar-refractivity contribution is 9.10. The van der Waals surface area contributed by atoms with Crippen molar-refractivity contribution < 1.29 is 8.78 Å². The molecule has 0 aliphatic rings. The first-order chi connectivity index (χ1) is 7.20. The van der Waals surface area contributed by atoms with Crippen molar-refractivity contribution in [2.75, 3.05) is 0 Å². The highest BCUT2D eigenvalue weighted by Crippen LogP contribution is 2.36. The summed E-state index contributed by atoms with van der Waals surface area (Å²) in [5, 5.41) is 1.77. The molecule has 0 spiro atoms. The predicted octanol–water partition coefficient (Wildman–Crippen LogP) is 4.71. The summed E-state index contributed by atoms with van der Waals surface area (Å²) < 4.78 is 28.0. The summed E-state index contributed by atoms with van der Waals surface area (Å²) >= 11 is 4.51. The molecule has 0 nitrogen and oxygen atoms in total. The van der Waals surface area contributed by atoms with Crippen LogP contribution in [-0.2, 0) is 0 Å². The van der Waals surface area contributed by atoms with E-state index < -0.39 is 12.0 Å². The normalized spacial score (nSPS) is 12.7. The minimum atomic E-state index is -1.40. The average Bonchev–Trinajstić information content (AvgIpc) is 2.64. The van der Waals surface area contributed by atoms with Crippen molar-refractivity contribution in [2.24, 2.45) is 0 Å². The minimum Gasteiger partial charge on any atom is -0.236 e. The molecule has 4 heteroatoms. The molecule has 1 atom stereocenters. The Hall–Kier alpha value is -0.740. The molecule has 1 unspecified atom stereocenters. The van der Waals surface area contributed by atoms with Crippen LogP contribution >= 0.6 is 27.3 Å². The van der Waals surface area contributed by atoms with Crippen molar-refractivity contribution in [3.05, 3.63) is 56.4 Å². The van der Waals surface area contributed by atoms with Gasteiger partial charge in [0.25, 0.3) is 0 Å². The largest absolute Gasteiger partial charge is 0.236 e. The molecular formula is C11H7BrF2S. The van der Waals surface area contributed by atoms with Crippen molar-refractivity contribution in [3.8, 4) is 0 Å². The predicted molar refractivity (Wildman–Crippen MR) is 61.4 cm³/mol. The highest BCUT2D eigenvalue weighted by atomic mass is 79.9. The van der Waals surface area contributed by atoms with Crippen LogP contribution in [0.5, 0.6) is 0 Å². The van der Waals surface area contributed by atoms with Gasteiger partial charge in [-0.3, -0.25) is 0 Å². The zero-order valence-electron chi connectivity index (χ0n) is 7.58. The zero-order valence-corrected chi connectivity index (χ0v) is 9.99. The third-order valence-corrected chi connectivity index (χ3v) is 3.96. The molecule has 0 amide bonds. The van der Waals surface area contributed by atoms with E-state index in [1.54, 1.807) is 23.6 Å². The summed E-state index contributed by atoms with van der Waals surface area (Å²) in [5.41, 5.74) is 0.0839. The molecule has 0 aliphatic heterocycles. The summed E-state index contributed by atoms with van der Waals surface area (Å²) in [6.45, 7) is 0. The maximum atomic E-state index is 14.0. The van der Waals surface area contributed by atoms with Gasteiger partial charge in [0.2, 0.25) is 0 Å². The molecule has 0 saturated heterocycles. The van der Waals surface area contributed by atoms with Gasteiger partial charge in [0.15, 0.2) is 6.17 Å². The Morgan fingerprint density at radius 2 is 1.93 bits per heavy atom. The van der Waals surface area contributed by atoms with Crippen LogP contribution in [0.3, 0.4) is 0 Å². The first-order valence-corrected chi connectivity index (χ1v) is 5.99. The molecule has 0 aliphatic carbocycles. The second-order valence-electron chi connectivity index (χ2n) is 3.02. The molecule has 1 heterocycles. The molecule has 1 aromatic heterocycles. The molecule has 0 saturated carbocycles. The smallest absolute Gasteiger partial charge is 0.163 e. The number of rotatable bonds is 2. The van der Waals surface area contributed by atoms with Gasteiger partial charge in [-0.05, 0) is 33.4 Å². The summed E-state index contributed by atoms with van der Waals surface area (Å²) in [4.78, 5) is 0.500. The van der Waals surface area contributed by atoms with Crippen LogP contribution in [0.2, 0.25) is 0 Å². The lowest BCUT2D eigenvalue weighted by atomic mass is 10.1. The molecule has 0 fully saturated rings. The lowest BCUT2D eigenvalue weighted by Gasteiger charge is -2.08. The Morgan fingerprint density at radius 1 is 1.20 bits per heavy atom. The fraction of sp³-hybridized carbons (Fsp3) is 0.0909. The van der Waals surface area contributed by atoms with Gasteiger partial charge in [0, 0.05) is 10.0 Å². The molecule has 15 heavy (non-hydrogen) atoms. The number of halogens is 3. The minimum absolute atomic E-state index is 0.0839. The van der Waals surface area contributed by atoms with E-state index in [0.29, 0.717) is 9.35 Å². The molecule has 2 rings (SSSR count). The Kier molecular flexibility index (Phi) is 3.17. The summed E-state index contributed by atoms with van der Waals surface area (Å²) in [7, 11) is 0. The Bertz CT molecular complexity index is 467. The molecule has 0 radical (unpaired) electrons. The van der Waals surface area contributed by atoms with Crippen molar-refractivity contribution in [1.29, 1.82) is 0 Å². The van der Waals surface area contributed by atoms with Gasteiger partial charge in [-0.15, -0.1) is 11.3 Å². The van der Waals surface area contributed by atoms with Gasteiger partial charge >= 0.3 is 0 Å². The summed E-state index contributed by atoms with van der Waals surface area (Å²) in [5.74, 6) is -0.509. The lowest BCUT2D eigenvalue weighted by molar-refractivity contribution is 0.392. The fourth-order valence-electron chi connectivity index (χ4n) is 1.31. The maximum absolute atomic E-state index is 14.0. The van der Waals surface area contributed by atoms with Gasteiger partial charge in [0.05, 0.1) is 4.88 Å². The quantitative estimate of drug-likeness (QED) is 0.751. The Balaban J connectivity index is 2.41. The number of thiophene rings is 1. The monoisotopic (exact) mass is 288 g/mol. The van der Waals surface area contributed by atoms with E-state index in [1.165, 1.54) is 23.5 Å². The van der Waals surface area contributed by atoms with Gasteiger partial charge in [-0.2, -0.15) is 0 Å². The summed E-state index contributed by atoms with van der Waals surface area (Å²) in [6, 6.07) is 7.67. The van der Waals surface area contributed by atoms with Crippen LogP contribution in [0.1, 0.15) is 16.6 Å².